The first kappa shape index (κ1) is 47.2. The van der Waals surface area contributed by atoms with Crippen molar-refractivity contribution in [3.05, 3.63) is 89.5 Å². The Morgan fingerprint density at radius 3 is 1.04 bits per heavy atom. The second-order valence-electron chi connectivity index (χ2n) is 16.5. The molecule has 56 heavy (non-hydrogen) atoms. The van der Waals surface area contributed by atoms with Gasteiger partial charge in [0.1, 0.15) is 55.4 Å². The van der Waals surface area contributed by atoms with Gasteiger partial charge in [-0.25, -0.2) is 0 Å². The van der Waals surface area contributed by atoms with Crippen LogP contribution < -0.4 is 14.2 Å². The van der Waals surface area contributed by atoms with Crippen LogP contribution in [0.25, 0.3) is 0 Å². The molecule has 9 heteroatoms. The first-order valence-corrected chi connectivity index (χ1v) is 20.8. The Morgan fingerprint density at radius 2 is 0.714 bits per heavy atom. The second kappa shape index (κ2) is 25.9. The van der Waals surface area contributed by atoms with Gasteiger partial charge < -0.3 is 43.7 Å². The predicted molar refractivity (Wildman–Crippen MR) is 224 cm³/mol. The Morgan fingerprint density at radius 1 is 0.411 bits per heavy atom. The summed E-state index contributed by atoms with van der Waals surface area (Å²) in [4.78, 5) is 0. The van der Waals surface area contributed by atoms with Crippen LogP contribution in [0.1, 0.15) is 116 Å². The van der Waals surface area contributed by atoms with E-state index in [1.165, 1.54) is 44.1 Å². The minimum Gasteiger partial charge on any atom is -0.491 e. The molecular formula is C47H72O9. The third-order valence-corrected chi connectivity index (χ3v) is 10.0. The van der Waals surface area contributed by atoms with E-state index in [-0.39, 0.29) is 43.9 Å². The molecule has 3 aromatic carbocycles. The fourth-order valence-corrected chi connectivity index (χ4v) is 6.33. The zero-order valence-corrected chi connectivity index (χ0v) is 35.2. The van der Waals surface area contributed by atoms with Gasteiger partial charge in [0.15, 0.2) is 0 Å². The normalized spacial score (nSPS) is 13.7. The number of methoxy groups -OCH3 is 1. The quantitative estimate of drug-likeness (QED) is 0.0571. The van der Waals surface area contributed by atoms with E-state index in [1.807, 2.05) is 48.5 Å². The topological polar surface area (TPSA) is 116 Å². The smallest absolute Gasteiger partial charge is 0.119 e. The van der Waals surface area contributed by atoms with Gasteiger partial charge in [-0.2, -0.15) is 0 Å². The van der Waals surface area contributed by atoms with Gasteiger partial charge in [0.05, 0.1) is 19.8 Å². The Kier molecular flexibility index (Phi) is 21.9. The lowest BCUT2D eigenvalue weighted by molar-refractivity contribution is 0.0109. The molecule has 0 saturated heterocycles. The van der Waals surface area contributed by atoms with E-state index in [9.17, 15) is 15.3 Å². The summed E-state index contributed by atoms with van der Waals surface area (Å²) in [6.07, 6.45) is 9.83. The van der Waals surface area contributed by atoms with Crippen molar-refractivity contribution in [1.29, 1.82) is 0 Å². The number of aliphatic hydroxyl groups excluding tert-OH is 3. The maximum Gasteiger partial charge on any atom is 0.119 e. The third kappa shape index (κ3) is 18.8. The van der Waals surface area contributed by atoms with Crippen molar-refractivity contribution in [2.45, 2.75) is 128 Å². The van der Waals surface area contributed by atoms with Gasteiger partial charge in [-0.05, 0) is 71.3 Å². The Bertz CT molecular complexity index is 1420. The van der Waals surface area contributed by atoms with Gasteiger partial charge in [-0.3, -0.25) is 0 Å². The minimum atomic E-state index is -0.678. The zero-order chi connectivity index (χ0) is 40.7. The van der Waals surface area contributed by atoms with Crippen LogP contribution in [0.4, 0.5) is 0 Å². The molecule has 3 rings (SSSR count). The highest BCUT2D eigenvalue weighted by Crippen LogP contribution is 2.33. The Hall–Kier alpha value is -3.18. The molecule has 0 aliphatic rings. The monoisotopic (exact) mass is 781 g/mol. The van der Waals surface area contributed by atoms with Crippen molar-refractivity contribution >= 4 is 0 Å². The van der Waals surface area contributed by atoms with Crippen LogP contribution in [0, 0.1) is 0 Å². The zero-order valence-electron chi connectivity index (χ0n) is 35.2. The van der Waals surface area contributed by atoms with E-state index >= 15 is 0 Å². The summed E-state index contributed by atoms with van der Waals surface area (Å²) in [5, 5.41) is 30.3. The molecule has 3 aromatic rings. The molecule has 314 valence electrons. The van der Waals surface area contributed by atoms with Crippen LogP contribution in [0.2, 0.25) is 0 Å². The third-order valence-electron chi connectivity index (χ3n) is 10.0. The average Bonchev–Trinajstić information content (AvgIpc) is 3.18. The fourth-order valence-electron chi connectivity index (χ4n) is 6.33. The maximum atomic E-state index is 10.4. The van der Waals surface area contributed by atoms with Crippen LogP contribution in [-0.2, 0) is 25.0 Å². The summed E-state index contributed by atoms with van der Waals surface area (Å²) in [6, 6.07) is 24.0. The van der Waals surface area contributed by atoms with Crippen molar-refractivity contribution < 1.29 is 43.7 Å². The van der Waals surface area contributed by atoms with E-state index in [0.717, 1.165) is 42.6 Å². The maximum absolute atomic E-state index is 10.4. The molecule has 0 fully saturated rings. The number of ether oxygens (including phenoxy) is 6. The summed E-state index contributed by atoms with van der Waals surface area (Å²) < 4.78 is 33.5. The molecule has 0 aliphatic carbocycles. The molecule has 0 saturated carbocycles. The van der Waals surface area contributed by atoms with Gasteiger partial charge >= 0.3 is 0 Å². The highest BCUT2D eigenvalue weighted by molar-refractivity contribution is 5.42. The Labute approximate surface area is 337 Å². The Balaban J connectivity index is 1.11. The van der Waals surface area contributed by atoms with Crippen molar-refractivity contribution in [2.75, 3.05) is 60.0 Å². The molecule has 0 radical (unpaired) electrons. The lowest BCUT2D eigenvalue weighted by atomic mass is 9.78. The van der Waals surface area contributed by atoms with Crippen molar-refractivity contribution in [3.8, 4) is 17.2 Å². The molecule has 0 heterocycles. The summed E-state index contributed by atoms with van der Waals surface area (Å²) in [5.41, 5.74) is 3.42. The molecule has 0 spiro atoms. The summed E-state index contributed by atoms with van der Waals surface area (Å²) >= 11 is 0. The molecule has 3 N–H and O–H groups in total. The molecular weight excluding hydrogens is 709 g/mol. The standard InChI is InChI=1S/C47H72O9/c1-46(2,3)37-17-23-43(24-18-37)55-35-41(49)32-52-29-15-13-11-9-7-8-10-12-14-16-30-53-33-42(50)36-56-45-27-21-39(22-28-45)47(4,5)38-19-25-44(26-20-38)54-34-40(48)31-51-6/h17-28,40-42,48-50H,7-16,29-36H2,1-6H3. The van der Waals surface area contributed by atoms with E-state index in [4.69, 9.17) is 28.4 Å². The van der Waals surface area contributed by atoms with E-state index in [1.54, 1.807) is 7.11 Å². The van der Waals surface area contributed by atoms with Crippen molar-refractivity contribution in [2.24, 2.45) is 0 Å². The second-order valence-corrected chi connectivity index (χ2v) is 16.5. The molecule has 0 aromatic heterocycles. The summed E-state index contributed by atoms with van der Waals surface area (Å²) in [5.74, 6) is 2.18. The first-order valence-electron chi connectivity index (χ1n) is 20.8. The number of unbranched alkanes of at least 4 members (excludes halogenated alkanes) is 9. The SMILES string of the molecule is COCC(O)COc1ccc(C(C)(C)c2ccc(OCC(O)COCCCCCCCCCCCCOCC(O)COc3ccc(C(C)(C)C)cc3)cc2)cc1. The largest absolute Gasteiger partial charge is 0.491 e. The number of hydrogen-bond donors (Lipinski definition) is 3. The highest BCUT2D eigenvalue weighted by atomic mass is 16.5. The molecule has 0 amide bonds. The number of aliphatic hydroxyl groups is 3. The highest BCUT2D eigenvalue weighted by Gasteiger charge is 2.23. The number of benzene rings is 3. The van der Waals surface area contributed by atoms with Gasteiger partial charge in [0, 0.05) is 25.7 Å². The number of hydrogen-bond acceptors (Lipinski definition) is 9. The van der Waals surface area contributed by atoms with Gasteiger partial charge in [-0.15, -0.1) is 0 Å². The van der Waals surface area contributed by atoms with Gasteiger partial charge in [0.2, 0.25) is 0 Å². The van der Waals surface area contributed by atoms with Crippen LogP contribution in [0.3, 0.4) is 0 Å². The molecule has 0 bridgehead atoms. The van der Waals surface area contributed by atoms with E-state index < -0.39 is 18.3 Å². The predicted octanol–water partition coefficient (Wildman–Crippen LogP) is 8.81. The van der Waals surface area contributed by atoms with Gasteiger partial charge in [0.25, 0.3) is 0 Å². The van der Waals surface area contributed by atoms with Crippen LogP contribution in [0.15, 0.2) is 72.8 Å². The molecule has 0 aliphatic heterocycles. The van der Waals surface area contributed by atoms with E-state index in [2.05, 4.69) is 58.9 Å². The summed E-state index contributed by atoms with van der Waals surface area (Å²) in [7, 11) is 1.55. The fraction of sp³-hybridized carbons (Fsp3) is 0.617. The van der Waals surface area contributed by atoms with Crippen LogP contribution >= 0.6 is 0 Å². The van der Waals surface area contributed by atoms with Crippen LogP contribution in [-0.4, -0.2) is 93.6 Å². The number of rotatable bonds is 30. The molecule has 3 atom stereocenters. The average molecular weight is 781 g/mol. The van der Waals surface area contributed by atoms with E-state index in [0.29, 0.717) is 31.3 Å². The first-order chi connectivity index (χ1) is 26.9. The summed E-state index contributed by atoms with van der Waals surface area (Å²) in [6.45, 7) is 13.6. The molecule has 9 nitrogen and oxygen atoms in total. The van der Waals surface area contributed by atoms with Crippen molar-refractivity contribution in [3.63, 3.8) is 0 Å². The van der Waals surface area contributed by atoms with Gasteiger partial charge in [-0.1, -0.05) is 122 Å². The van der Waals surface area contributed by atoms with Crippen molar-refractivity contribution in [1.82, 2.24) is 0 Å². The minimum absolute atomic E-state index is 0.109. The lowest BCUT2D eigenvalue weighted by Gasteiger charge is -2.26. The molecule has 3 unspecified atom stereocenters. The van der Waals surface area contributed by atoms with Crippen LogP contribution in [0.5, 0.6) is 17.2 Å². The lowest BCUT2D eigenvalue weighted by Crippen LogP contribution is -2.24.